The van der Waals surface area contributed by atoms with E-state index in [1.165, 1.54) is 24.3 Å². The molecule has 0 bridgehead atoms. The molecule has 0 atom stereocenters. The van der Waals surface area contributed by atoms with E-state index in [0.29, 0.717) is 42.5 Å². The largest absolute Gasteiger partial charge is 0.495 e. The molecule has 0 saturated heterocycles. The first-order valence-electron chi connectivity index (χ1n) is 13.0. The van der Waals surface area contributed by atoms with Crippen molar-refractivity contribution in [2.45, 2.75) is 44.3 Å². The molecule has 4 aromatic rings. The maximum absolute atomic E-state index is 14.6. The number of hydrogen-bond donors (Lipinski definition) is 2. The lowest BCUT2D eigenvalue weighted by atomic mass is 9.73. The lowest BCUT2D eigenvalue weighted by molar-refractivity contribution is -0.288. The molecular weight excluding hydrogens is 718 g/mol. The molecule has 0 amide bonds. The summed E-state index contributed by atoms with van der Waals surface area (Å²) in [7, 11) is -14.1. The Morgan fingerprint density at radius 2 is 1.04 bits per heavy atom. The fourth-order valence-electron chi connectivity index (χ4n) is 4.79. The van der Waals surface area contributed by atoms with Crippen molar-refractivity contribution in [3.63, 3.8) is 0 Å². The second kappa shape index (κ2) is 12.4. The molecule has 0 radical (unpaired) electrons. The van der Waals surface area contributed by atoms with Crippen molar-refractivity contribution in [3.8, 4) is 17.2 Å². The number of benzene rings is 4. The van der Waals surface area contributed by atoms with Gasteiger partial charge in [0.2, 0.25) is 15.3 Å². The fraction of sp³-hybridized carbons (Fsp3) is 0.172. The van der Waals surface area contributed by atoms with Crippen LogP contribution in [0.4, 0.5) is 26.3 Å². The molecule has 4 rings (SSSR count). The summed E-state index contributed by atoms with van der Waals surface area (Å²) >= 11 is 0. The quantitative estimate of drug-likeness (QED) is 0.143. The molecule has 0 aliphatic carbocycles. The highest BCUT2D eigenvalue weighted by Crippen LogP contribution is 2.57. The zero-order valence-corrected chi connectivity index (χ0v) is 26.7. The van der Waals surface area contributed by atoms with E-state index >= 15 is 0 Å². The normalized spacial score (nSPS) is 13.3. The average molecular weight is 741 g/mol. The van der Waals surface area contributed by atoms with Crippen LogP contribution in [-0.2, 0) is 35.5 Å². The monoisotopic (exact) mass is 740 g/mol. The molecule has 0 unspecified atom stereocenters. The number of sulfone groups is 1. The van der Waals surface area contributed by atoms with Gasteiger partial charge in [-0.2, -0.15) is 43.2 Å². The van der Waals surface area contributed by atoms with Crippen LogP contribution in [0.25, 0.3) is 0 Å². The Bertz CT molecular complexity index is 2170. The van der Waals surface area contributed by atoms with Crippen molar-refractivity contribution in [2.24, 2.45) is 0 Å². The summed E-state index contributed by atoms with van der Waals surface area (Å²) in [5.41, 5.74) is -7.30. The first-order valence-corrected chi connectivity index (χ1v) is 17.3. The number of halogens is 6. The Morgan fingerprint density at radius 3 is 1.52 bits per heavy atom. The smallest absolute Gasteiger partial charge is 0.411 e. The minimum absolute atomic E-state index is 0.0237. The highest BCUT2D eigenvalue weighted by Gasteiger charge is 2.72. The third-order valence-electron chi connectivity index (χ3n) is 7.07. The average Bonchev–Trinajstić information content (AvgIpc) is 2.96. The summed E-state index contributed by atoms with van der Waals surface area (Å²) in [6.07, 6.45) is -12.3. The molecule has 4 aromatic carbocycles. The summed E-state index contributed by atoms with van der Waals surface area (Å²) in [4.78, 5) is -3.27. The SMILES string of the molecule is COc1ccc(C(c2ccc(Oc3ccc(S(=O)(=O)c4ccc(C)cc4)cc3S(=O)(=O)O)cc2)(C(F)(F)F)C(F)(F)F)cc1S(=O)(=O)O. The molecule has 0 saturated carbocycles. The second-order valence-electron chi connectivity index (χ2n) is 10.1. The number of methoxy groups -OCH3 is 1. The summed E-state index contributed by atoms with van der Waals surface area (Å²) < 4.78 is 191. The molecule has 0 aromatic heterocycles. The summed E-state index contributed by atoms with van der Waals surface area (Å²) in [5.74, 6) is -2.03. The van der Waals surface area contributed by atoms with Crippen molar-refractivity contribution in [3.05, 3.63) is 102 Å². The van der Waals surface area contributed by atoms with E-state index in [-0.39, 0.29) is 11.0 Å². The molecule has 0 heterocycles. The highest BCUT2D eigenvalue weighted by atomic mass is 32.2. The summed E-state index contributed by atoms with van der Waals surface area (Å²) in [5, 5.41) is 0. The van der Waals surface area contributed by atoms with Crippen molar-refractivity contribution in [1.82, 2.24) is 0 Å². The minimum atomic E-state index is -6.17. The first-order chi connectivity index (χ1) is 21.9. The van der Waals surface area contributed by atoms with Crippen LogP contribution in [0, 0.1) is 6.92 Å². The number of aryl methyl sites for hydroxylation is 1. The van der Waals surface area contributed by atoms with E-state index in [1.807, 2.05) is 0 Å². The van der Waals surface area contributed by atoms with Gasteiger partial charge in [-0.25, -0.2) is 8.42 Å². The van der Waals surface area contributed by atoms with Gasteiger partial charge in [0, 0.05) is 0 Å². The fourth-order valence-corrected chi connectivity index (χ4v) is 7.47. The summed E-state index contributed by atoms with van der Waals surface area (Å²) in [6.45, 7) is 1.69. The van der Waals surface area contributed by atoms with Crippen LogP contribution in [0.1, 0.15) is 16.7 Å². The van der Waals surface area contributed by atoms with Gasteiger partial charge in [-0.15, -0.1) is 0 Å². The number of alkyl halides is 6. The lowest BCUT2D eigenvalue weighted by Crippen LogP contribution is -2.54. The van der Waals surface area contributed by atoms with Gasteiger partial charge < -0.3 is 9.47 Å². The zero-order valence-electron chi connectivity index (χ0n) is 24.2. The van der Waals surface area contributed by atoms with Crippen molar-refractivity contribution < 1.29 is 70.2 Å². The Morgan fingerprint density at radius 1 is 0.583 bits per heavy atom. The minimum Gasteiger partial charge on any atom is -0.495 e. The van der Waals surface area contributed by atoms with Gasteiger partial charge in [0.15, 0.2) is 0 Å². The molecule has 0 aliphatic rings. The van der Waals surface area contributed by atoms with E-state index < -0.39 is 90.9 Å². The van der Waals surface area contributed by atoms with Gasteiger partial charge in [-0.05, 0) is 72.6 Å². The first kappa shape index (κ1) is 36.7. The van der Waals surface area contributed by atoms with E-state index in [2.05, 4.69) is 4.74 Å². The Balaban J connectivity index is 1.84. The third-order valence-corrected chi connectivity index (χ3v) is 10.6. The van der Waals surface area contributed by atoms with Gasteiger partial charge in [0.1, 0.15) is 27.0 Å². The van der Waals surface area contributed by atoms with Crippen LogP contribution in [-0.4, -0.2) is 53.8 Å². The Labute approximate surface area is 270 Å². The topological polar surface area (TPSA) is 161 Å². The predicted octanol–water partition coefficient (Wildman–Crippen LogP) is 6.53. The van der Waals surface area contributed by atoms with Crippen LogP contribution >= 0.6 is 0 Å². The van der Waals surface area contributed by atoms with E-state index in [4.69, 9.17) is 4.74 Å². The molecule has 2 N–H and O–H groups in total. The zero-order chi connectivity index (χ0) is 36.1. The van der Waals surface area contributed by atoms with E-state index in [9.17, 15) is 60.7 Å². The van der Waals surface area contributed by atoms with Gasteiger partial charge in [-0.3, -0.25) is 9.11 Å². The van der Waals surface area contributed by atoms with Crippen LogP contribution < -0.4 is 9.47 Å². The van der Waals surface area contributed by atoms with Crippen molar-refractivity contribution in [1.29, 1.82) is 0 Å². The van der Waals surface area contributed by atoms with Crippen LogP contribution in [0.15, 0.2) is 105 Å². The van der Waals surface area contributed by atoms with Crippen LogP contribution in [0.2, 0.25) is 0 Å². The molecule has 10 nitrogen and oxygen atoms in total. The molecule has 19 heteroatoms. The number of ether oxygens (including phenoxy) is 2. The Kier molecular flexibility index (Phi) is 9.45. The third kappa shape index (κ3) is 6.73. The molecule has 0 fully saturated rings. The van der Waals surface area contributed by atoms with Crippen molar-refractivity contribution in [2.75, 3.05) is 7.11 Å². The van der Waals surface area contributed by atoms with Gasteiger partial charge in [0.05, 0.1) is 16.9 Å². The molecule has 0 spiro atoms. The maximum atomic E-state index is 14.6. The highest BCUT2D eigenvalue weighted by molar-refractivity contribution is 7.91. The lowest BCUT2D eigenvalue weighted by Gasteiger charge is -2.38. The van der Waals surface area contributed by atoms with Crippen LogP contribution in [0.5, 0.6) is 17.2 Å². The van der Waals surface area contributed by atoms with Crippen LogP contribution in [0.3, 0.4) is 0 Å². The predicted molar refractivity (Wildman–Crippen MR) is 155 cm³/mol. The Hall–Kier alpha value is -4.17. The molecule has 258 valence electrons. The maximum Gasteiger partial charge on any atom is 0.411 e. The molecule has 48 heavy (non-hydrogen) atoms. The number of hydrogen-bond acceptors (Lipinski definition) is 8. The molecule has 0 aliphatic heterocycles. The van der Waals surface area contributed by atoms with Gasteiger partial charge in [0.25, 0.3) is 20.2 Å². The summed E-state index contributed by atoms with van der Waals surface area (Å²) in [6, 6.07) is 10.4. The molecular formula is C29H22F6O10S3. The van der Waals surface area contributed by atoms with E-state index in [1.54, 1.807) is 6.92 Å². The van der Waals surface area contributed by atoms with Crippen molar-refractivity contribution >= 4 is 30.1 Å². The van der Waals surface area contributed by atoms with Gasteiger partial charge in [-0.1, -0.05) is 35.9 Å². The standard InChI is InChI=1S/C29H22F6O10S3/c1-17-3-10-21(11-4-17)46(36,37)22-12-14-24(26(16-22)48(41,42)43)45-20-8-5-18(6-9-20)27(28(30,31)32,29(33,34)35)19-7-13-23(44-2)25(15-19)47(38,39)40/h3-16H,1-2H3,(H,38,39,40)(H,41,42,43). The van der Waals surface area contributed by atoms with Gasteiger partial charge >= 0.3 is 12.4 Å². The van der Waals surface area contributed by atoms with E-state index in [0.717, 1.165) is 24.8 Å². The second-order valence-corrected chi connectivity index (χ2v) is 14.8. The number of rotatable bonds is 9.